The molecule has 0 bridgehead atoms. The molecule has 0 radical (unpaired) electrons. The third-order valence-corrected chi connectivity index (χ3v) is 2.02. The fourth-order valence-corrected chi connectivity index (χ4v) is 1.16. The molecule has 1 aromatic rings. The zero-order valence-corrected chi connectivity index (χ0v) is 8.20. The molecule has 1 aromatic carbocycles. The summed E-state index contributed by atoms with van der Waals surface area (Å²) in [6.45, 7) is 1.62. The fraction of sp³-hybridized carbons (Fsp3) is 0.400. The average molecular weight is 199 g/mol. The van der Waals surface area contributed by atoms with E-state index in [0.717, 1.165) is 0 Å². The number of aliphatic hydroxyl groups is 1. The van der Waals surface area contributed by atoms with Crippen LogP contribution in [-0.2, 0) is 0 Å². The van der Waals surface area contributed by atoms with Crippen LogP contribution in [0.25, 0.3) is 0 Å². The first-order chi connectivity index (χ1) is 6.56. The molecule has 0 amide bonds. The second-order valence-corrected chi connectivity index (χ2v) is 3.19. The van der Waals surface area contributed by atoms with Crippen molar-refractivity contribution in [3.8, 4) is 5.75 Å². The molecule has 2 atom stereocenters. The van der Waals surface area contributed by atoms with Gasteiger partial charge in [-0.1, -0.05) is 0 Å². The average Bonchev–Trinajstić information content (AvgIpc) is 2.16. The van der Waals surface area contributed by atoms with E-state index >= 15 is 0 Å². The lowest BCUT2D eigenvalue weighted by Crippen LogP contribution is -2.25. The summed E-state index contributed by atoms with van der Waals surface area (Å²) >= 11 is 0. The van der Waals surface area contributed by atoms with Gasteiger partial charge in [-0.15, -0.1) is 0 Å². The Balaban J connectivity index is 2.99. The number of aliphatic hydroxyl groups excluding tert-OH is 1. The number of halogens is 1. The molecule has 3 N–H and O–H groups in total. The van der Waals surface area contributed by atoms with Crippen molar-refractivity contribution < 1.29 is 14.2 Å². The topological polar surface area (TPSA) is 55.5 Å². The first kappa shape index (κ1) is 10.9. The molecule has 0 aliphatic heterocycles. The highest BCUT2D eigenvalue weighted by atomic mass is 19.1. The van der Waals surface area contributed by atoms with E-state index in [1.165, 1.54) is 19.2 Å². The van der Waals surface area contributed by atoms with Crippen molar-refractivity contribution in [2.24, 2.45) is 5.73 Å². The molecule has 78 valence electrons. The molecule has 0 saturated carbocycles. The Morgan fingerprint density at radius 1 is 1.50 bits per heavy atom. The van der Waals surface area contributed by atoms with Crippen LogP contribution in [0.1, 0.15) is 18.6 Å². The summed E-state index contributed by atoms with van der Waals surface area (Å²) in [5, 5.41) is 9.54. The van der Waals surface area contributed by atoms with Crippen molar-refractivity contribution in [1.29, 1.82) is 0 Å². The van der Waals surface area contributed by atoms with Gasteiger partial charge in [-0.2, -0.15) is 0 Å². The zero-order chi connectivity index (χ0) is 10.7. The number of nitrogens with two attached hydrogens (primary N) is 1. The van der Waals surface area contributed by atoms with Crippen LogP contribution in [0.15, 0.2) is 18.2 Å². The van der Waals surface area contributed by atoms with Crippen LogP contribution >= 0.6 is 0 Å². The molecule has 0 saturated heterocycles. The van der Waals surface area contributed by atoms with Crippen molar-refractivity contribution in [3.63, 3.8) is 0 Å². The smallest absolute Gasteiger partial charge is 0.132 e. The second-order valence-electron chi connectivity index (χ2n) is 3.19. The van der Waals surface area contributed by atoms with Gasteiger partial charge in [-0.25, -0.2) is 4.39 Å². The first-order valence-electron chi connectivity index (χ1n) is 4.33. The van der Waals surface area contributed by atoms with Gasteiger partial charge in [0.25, 0.3) is 0 Å². The van der Waals surface area contributed by atoms with Crippen molar-refractivity contribution in [2.75, 3.05) is 7.11 Å². The quantitative estimate of drug-likeness (QED) is 0.769. The van der Waals surface area contributed by atoms with Gasteiger partial charge in [-0.05, 0) is 19.1 Å². The van der Waals surface area contributed by atoms with Crippen molar-refractivity contribution in [3.05, 3.63) is 29.6 Å². The van der Waals surface area contributed by atoms with E-state index in [2.05, 4.69) is 0 Å². The third-order valence-electron chi connectivity index (χ3n) is 2.02. The monoisotopic (exact) mass is 199 g/mol. The highest BCUT2D eigenvalue weighted by Crippen LogP contribution is 2.23. The van der Waals surface area contributed by atoms with E-state index < -0.39 is 18.0 Å². The molecule has 0 heterocycles. The Morgan fingerprint density at radius 2 is 2.14 bits per heavy atom. The molecular formula is C10H14FNO2. The van der Waals surface area contributed by atoms with E-state index in [0.29, 0.717) is 5.75 Å². The maximum Gasteiger partial charge on any atom is 0.132 e. The summed E-state index contributed by atoms with van der Waals surface area (Å²) < 4.78 is 18.2. The van der Waals surface area contributed by atoms with E-state index in [9.17, 15) is 9.50 Å². The Morgan fingerprint density at radius 3 is 2.57 bits per heavy atom. The Hall–Kier alpha value is -1.13. The third kappa shape index (κ3) is 2.21. The van der Waals surface area contributed by atoms with Gasteiger partial charge in [0.1, 0.15) is 11.6 Å². The Kier molecular flexibility index (Phi) is 3.43. The van der Waals surface area contributed by atoms with Gasteiger partial charge in [-0.3, -0.25) is 0 Å². The first-order valence-corrected chi connectivity index (χ1v) is 4.33. The van der Waals surface area contributed by atoms with Gasteiger partial charge in [0.05, 0.1) is 13.2 Å². The second kappa shape index (κ2) is 4.39. The summed E-state index contributed by atoms with van der Waals surface area (Å²) in [5.41, 5.74) is 5.65. The van der Waals surface area contributed by atoms with Crippen molar-refractivity contribution in [1.82, 2.24) is 0 Å². The standard InChI is InChI=1S/C10H14FNO2/c1-6(12)10(13)8-4-3-7(14-2)5-9(8)11/h3-6,10,13H,12H2,1-2H3/t6-,10-/m1/s1. The summed E-state index contributed by atoms with van der Waals surface area (Å²) in [7, 11) is 1.45. The Bertz CT molecular complexity index is 315. The van der Waals surface area contributed by atoms with Crippen molar-refractivity contribution in [2.45, 2.75) is 19.1 Å². The summed E-state index contributed by atoms with van der Waals surface area (Å²) in [4.78, 5) is 0. The number of ether oxygens (including phenoxy) is 1. The lowest BCUT2D eigenvalue weighted by atomic mass is 10.0. The normalized spacial score (nSPS) is 14.9. The molecule has 14 heavy (non-hydrogen) atoms. The molecule has 0 spiro atoms. The van der Waals surface area contributed by atoms with Gasteiger partial charge < -0.3 is 15.6 Å². The van der Waals surface area contributed by atoms with Gasteiger partial charge in [0.15, 0.2) is 0 Å². The molecular weight excluding hydrogens is 185 g/mol. The van der Waals surface area contributed by atoms with Crippen LogP contribution in [0, 0.1) is 5.82 Å². The van der Waals surface area contributed by atoms with Gasteiger partial charge >= 0.3 is 0 Å². The molecule has 0 unspecified atom stereocenters. The highest BCUT2D eigenvalue weighted by molar-refractivity contribution is 5.30. The summed E-state index contributed by atoms with van der Waals surface area (Å²) in [6, 6.07) is 3.78. The maximum atomic E-state index is 13.4. The fourth-order valence-electron chi connectivity index (χ4n) is 1.16. The van der Waals surface area contributed by atoms with Crippen LogP contribution < -0.4 is 10.5 Å². The van der Waals surface area contributed by atoms with Crippen LogP contribution in [-0.4, -0.2) is 18.3 Å². The molecule has 0 aliphatic carbocycles. The molecule has 0 fully saturated rings. The lowest BCUT2D eigenvalue weighted by Gasteiger charge is -2.15. The Labute approximate surface area is 82.3 Å². The van der Waals surface area contributed by atoms with Crippen LogP contribution in [0.5, 0.6) is 5.75 Å². The molecule has 0 aliphatic rings. The van der Waals surface area contributed by atoms with Crippen molar-refractivity contribution >= 4 is 0 Å². The van der Waals surface area contributed by atoms with Crippen LogP contribution in [0.2, 0.25) is 0 Å². The zero-order valence-electron chi connectivity index (χ0n) is 8.20. The van der Waals surface area contributed by atoms with Gasteiger partial charge in [0.2, 0.25) is 0 Å². The van der Waals surface area contributed by atoms with E-state index in [4.69, 9.17) is 10.5 Å². The minimum Gasteiger partial charge on any atom is -0.497 e. The largest absolute Gasteiger partial charge is 0.497 e. The van der Waals surface area contributed by atoms with E-state index in [-0.39, 0.29) is 5.56 Å². The minimum absolute atomic E-state index is 0.195. The van der Waals surface area contributed by atoms with Crippen LogP contribution in [0.4, 0.5) is 4.39 Å². The molecule has 3 nitrogen and oxygen atoms in total. The van der Waals surface area contributed by atoms with E-state index in [1.807, 2.05) is 0 Å². The number of rotatable bonds is 3. The maximum absolute atomic E-state index is 13.4. The number of hydrogen-bond donors (Lipinski definition) is 2. The SMILES string of the molecule is COc1ccc([C@H](O)[C@@H](C)N)c(F)c1. The van der Waals surface area contributed by atoms with Gasteiger partial charge in [0, 0.05) is 17.7 Å². The summed E-state index contributed by atoms with van der Waals surface area (Å²) in [6.07, 6.45) is -0.985. The molecule has 0 aromatic heterocycles. The number of methoxy groups -OCH3 is 1. The lowest BCUT2D eigenvalue weighted by molar-refractivity contribution is 0.149. The highest BCUT2D eigenvalue weighted by Gasteiger charge is 2.16. The molecule has 1 rings (SSSR count). The predicted molar refractivity (Wildman–Crippen MR) is 51.6 cm³/mol. The van der Waals surface area contributed by atoms with E-state index in [1.54, 1.807) is 13.0 Å². The number of benzene rings is 1. The summed E-state index contributed by atoms with van der Waals surface area (Å²) in [5.74, 6) is -0.0859. The number of hydrogen-bond acceptors (Lipinski definition) is 3. The molecule has 4 heteroatoms. The minimum atomic E-state index is -0.985. The predicted octanol–water partition coefficient (Wildman–Crippen LogP) is 1.21. The van der Waals surface area contributed by atoms with Crippen LogP contribution in [0.3, 0.4) is 0 Å².